The maximum absolute atomic E-state index is 14.6. The molecule has 0 N–H and O–H groups in total. The van der Waals surface area contributed by atoms with Gasteiger partial charge in [-0.05, 0) is 85.1 Å². The Labute approximate surface area is 206 Å². The van der Waals surface area contributed by atoms with Gasteiger partial charge in [0.15, 0.2) is 0 Å². The van der Waals surface area contributed by atoms with Crippen LogP contribution in [0, 0.1) is 29.9 Å². The van der Waals surface area contributed by atoms with E-state index < -0.39 is 23.6 Å². The Kier molecular flexibility index (Phi) is 7.17. The number of ether oxygens (including phenoxy) is 2. The number of hydrogen-bond acceptors (Lipinski definition) is 5. The van der Waals surface area contributed by atoms with Gasteiger partial charge >= 0.3 is 11.9 Å². The fourth-order valence-corrected chi connectivity index (χ4v) is 3.43. The first kappa shape index (κ1) is 24.3. The van der Waals surface area contributed by atoms with E-state index >= 15 is 0 Å². The Bertz CT molecular complexity index is 1470. The first-order valence-corrected chi connectivity index (χ1v) is 10.9. The lowest BCUT2D eigenvalue weighted by atomic mass is 10.0. The number of benzene rings is 4. The zero-order chi connectivity index (χ0) is 25.7. The van der Waals surface area contributed by atoms with Crippen LogP contribution in [0.4, 0.5) is 8.78 Å². The number of halogens is 2. The van der Waals surface area contributed by atoms with Gasteiger partial charge in [0.25, 0.3) is 0 Å². The summed E-state index contributed by atoms with van der Waals surface area (Å²) in [6.07, 6.45) is 0.173. The minimum atomic E-state index is -0.883. The van der Waals surface area contributed by atoms with E-state index in [4.69, 9.17) is 14.7 Å². The summed E-state index contributed by atoms with van der Waals surface area (Å²) < 4.78 is 39.6. The van der Waals surface area contributed by atoms with Gasteiger partial charge in [-0.15, -0.1) is 0 Å². The summed E-state index contributed by atoms with van der Waals surface area (Å²) in [6, 6.07) is 22.7. The van der Waals surface area contributed by atoms with Gasteiger partial charge in [0.1, 0.15) is 23.1 Å². The van der Waals surface area contributed by atoms with Crippen molar-refractivity contribution in [3.63, 3.8) is 0 Å². The van der Waals surface area contributed by atoms with Crippen molar-refractivity contribution in [1.29, 1.82) is 5.26 Å². The lowest BCUT2D eigenvalue weighted by Gasteiger charge is -2.09. The highest BCUT2D eigenvalue weighted by atomic mass is 19.1. The van der Waals surface area contributed by atoms with Crippen molar-refractivity contribution in [2.45, 2.75) is 13.3 Å². The highest BCUT2D eigenvalue weighted by Gasteiger charge is 2.17. The van der Waals surface area contributed by atoms with Gasteiger partial charge in [0, 0.05) is 0 Å². The molecule has 7 heteroatoms. The number of hydrogen-bond donors (Lipinski definition) is 0. The summed E-state index contributed by atoms with van der Waals surface area (Å²) in [7, 11) is 0. The van der Waals surface area contributed by atoms with Gasteiger partial charge in [0.05, 0.1) is 22.8 Å². The predicted molar refractivity (Wildman–Crippen MR) is 128 cm³/mol. The van der Waals surface area contributed by atoms with Crippen LogP contribution < -0.4 is 9.47 Å². The van der Waals surface area contributed by atoms with Crippen LogP contribution in [0.25, 0.3) is 0 Å². The molecule has 4 aromatic carbocycles. The molecule has 0 unspecified atom stereocenters. The maximum atomic E-state index is 14.6. The van der Waals surface area contributed by atoms with Crippen molar-refractivity contribution >= 4 is 11.9 Å². The predicted octanol–water partition coefficient (Wildman–Crippen LogP) is 6.17. The number of aryl methyl sites for hydroxylation is 1. The van der Waals surface area contributed by atoms with E-state index in [1.54, 1.807) is 30.3 Å². The quantitative estimate of drug-likeness (QED) is 0.242. The number of carbonyl (C=O) groups excluding carboxylic acids is 2. The van der Waals surface area contributed by atoms with E-state index in [-0.39, 0.29) is 23.3 Å². The third-order valence-corrected chi connectivity index (χ3v) is 5.34. The van der Waals surface area contributed by atoms with Crippen molar-refractivity contribution in [2.24, 2.45) is 0 Å². The van der Waals surface area contributed by atoms with Crippen molar-refractivity contribution in [2.75, 3.05) is 0 Å². The third-order valence-electron chi connectivity index (χ3n) is 5.34. The molecule has 0 aliphatic carbocycles. The molecule has 0 aliphatic rings. The fourth-order valence-electron chi connectivity index (χ4n) is 3.43. The lowest BCUT2D eigenvalue weighted by Crippen LogP contribution is -2.11. The molecule has 0 bridgehead atoms. The minimum Gasteiger partial charge on any atom is -0.423 e. The summed E-state index contributed by atoms with van der Waals surface area (Å²) in [5.41, 5.74) is 1.93. The van der Waals surface area contributed by atoms with E-state index in [9.17, 15) is 18.4 Å². The van der Waals surface area contributed by atoms with Crippen LogP contribution in [0.2, 0.25) is 0 Å². The van der Waals surface area contributed by atoms with Crippen LogP contribution in [0.3, 0.4) is 0 Å². The van der Waals surface area contributed by atoms with Crippen LogP contribution in [-0.2, 0) is 6.42 Å². The number of nitrogens with zero attached hydrogens (tertiary/aromatic N) is 1. The third kappa shape index (κ3) is 5.80. The molecule has 5 nitrogen and oxygen atoms in total. The fraction of sp³-hybridized carbons (Fsp3) is 0.0690. The largest absolute Gasteiger partial charge is 0.423 e. The summed E-state index contributed by atoms with van der Waals surface area (Å²) >= 11 is 0. The van der Waals surface area contributed by atoms with E-state index in [0.717, 1.165) is 5.56 Å². The molecular formula is C29H19F2NO4. The monoisotopic (exact) mass is 483 g/mol. The Hall–Kier alpha value is -4.83. The number of rotatable bonds is 6. The number of carbonyl (C=O) groups is 2. The average molecular weight is 483 g/mol. The molecule has 0 heterocycles. The molecule has 0 aromatic heterocycles. The van der Waals surface area contributed by atoms with Crippen LogP contribution in [0.1, 0.15) is 43.0 Å². The highest BCUT2D eigenvalue weighted by molar-refractivity contribution is 5.92. The second-order valence-electron chi connectivity index (χ2n) is 8.03. The Morgan fingerprint density at radius 1 is 0.722 bits per heavy atom. The van der Waals surface area contributed by atoms with E-state index in [2.05, 4.69) is 0 Å². The molecule has 0 amide bonds. The van der Waals surface area contributed by atoms with Crippen molar-refractivity contribution < 1.29 is 27.8 Å². The topological polar surface area (TPSA) is 76.4 Å². The molecule has 0 radical (unpaired) electrons. The van der Waals surface area contributed by atoms with Gasteiger partial charge in [0.2, 0.25) is 0 Å². The molecule has 4 aromatic rings. The Morgan fingerprint density at radius 3 is 1.58 bits per heavy atom. The van der Waals surface area contributed by atoms with Crippen LogP contribution in [0.15, 0.2) is 84.9 Å². The standard InChI is InChI=1S/C29H19F2NO4/c1-18-2-8-22(9-3-18)35-28(33)24-12-6-20(15-26(24)30)14-21-7-13-25(27(31)16-21)29(34)36-23-10-4-19(17-32)5-11-23/h2-13,15-16H,14H2,1H3. The van der Waals surface area contributed by atoms with E-state index in [0.29, 0.717) is 22.4 Å². The first-order chi connectivity index (χ1) is 17.3. The van der Waals surface area contributed by atoms with Crippen molar-refractivity contribution in [1.82, 2.24) is 0 Å². The molecule has 36 heavy (non-hydrogen) atoms. The molecule has 0 aliphatic heterocycles. The van der Waals surface area contributed by atoms with Gasteiger partial charge in [-0.3, -0.25) is 0 Å². The molecule has 4 rings (SSSR count). The summed E-state index contributed by atoms with van der Waals surface area (Å²) in [6.45, 7) is 1.90. The smallest absolute Gasteiger partial charge is 0.346 e. The van der Waals surface area contributed by atoms with Gasteiger partial charge in [-0.1, -0.05) is 29.8 Å². The van der Waals surface area contributed by atoms with Gasteiger partial charge in [-0.25, -0.2) is 18.4 Å². The number of esters is 2. The average Bonchev–Trinajstić information content (AvgIpc) is 2.86. The molecule has 0 fully saturated rings. The SMILES string of the molecule is Cc1ccc(OC(=O)c2ccc(Cc3ccc(C(=O)Oc4ccc(C#N)cc4)c(F)c3)cc2F)cc1. The molecular weight excluding hydrogens is 464 g/mol. The van der Waals surface area contributed by atoms with E-state index in [1.165, 1.54) is 54.6 Å². The summed E-state index contributed by atoms with van der Waals surface area (Å²) in [5, 5.41) is 8.82. The second kappa shape index (κ2) is 10.6. The summed E-state index contributed by atoms with van der Waals surface area (Å²) in [4.78, 5) is 24.7. The molecule has 0 spiro atoms. The van der Waals surface area contributed by atoms with Crippen LogP contribution in [-0.4, -0.2) is 11.9 Å². The zero-order valence-corrected chi connectivity index (χ0v) is 19.1. The minimum absolute atomic E-state index is 0.173. The van der Waals surface area contributed by atoms with E-state index in [1.807, 2.05) is 13.0 Å². The normalized spacial score (nSPS) is 10.4. The van der Waals surface area contributed by atoms with Crippen LogP contribution >= 0.6 is 0 Å². The second-order valence-corrected chi connectivity index (χ2v) is 8.03. The Morgan fingerprint density at radius 2 is 1.17 bits per heavy atom. The van der Waals surface area contributed by atoms with Crippen molar-refractivity contribution in [3.05, 3.63) is 130 Å². The highest BCUT2D eigenvalue weighted by Crippen LogP contribution is 2.21. The molecule has 178 valence electrons. The lowest BCUT2D eigenvalue weighted by molar-refractivity contribution is 0.0720. The van der Waals surface area contributed by atoms with Gasteiger partial charge in [-0.2, -0.15) is 5.26 Å². The van der Waals surface area contributed by atoms with Crippen molar-refractivity contribution in [3.8, 4) is 17.6 Å². The van der Waals surface area contributed by atoms with Crippen LogP contribution in [0.5, 0.6) is 11.5 Å². The first-order valence-electron chi connectivity index (χ1n) is 10.9. The molecule has 0 saturated heterocycles. The molecule has 0 atom stereocenters. The molecule has 0 saturated carbocycles. The maximum Gasteiger partial charge on any atom is 0.346 e. The zero-order valence-electron chi connectivity index (χ0n) is 19.1. The summed E-state index contributed by atoms with van der Waals surface area (Å²) in [5.74, 6) is -2.76. The Balaban J connectivity index is 1.42. The number of nitriles is 1. The van der Waals surface area contributed by atoms with Gasteiger partial charge < -0.3 is 9.47 Å².